The van der Waals surface area contributed by atoms with Crippen molar-refractivity contribution in [3.8, 4) is 5.75 Å². The van der Waals surface area contributed by atoms with Crippen LogP contribution in [0.1, 0.15) is 51.3 Å². The van der Waals surface area contributed by atoms with Crippen LogP contribution in [0.5, 0.6) is 5.75 Å². The van der Waals surface area contributed by atoms with Crippen molar-refractivity contribution >= 4 is 28.6 Å². The lowest BCUT2D eigenvalue weighted by Gasteiger charge is -2.32. The van der Waals surface area contributed by atoms with E-state index in [4.69, 9.17) is 9.47 Å². The molecule has 4 rings (SSSR count). The van der Waals surface area contributed by atoms with E-state index in [1.54, 1.807) is 17.8 Å². The van der Waals surface area contributed by atoms with Crippen LogP contribution in [-0.4, -0.2) is 59.4 Å². The number of benzene rings is 1. The van der Waals surface area contributed by atoms with Gasteiger partial charge in [0.2, 0.25) is 5.91 Å². The van der Waals surface area contributed by atoms with Gasteiger partial charge in [0.1, 0.15) is 22.8 Å². The quantitative estimate of drug-likeness (QED) is 0.449. The number of hydrogen-bond donors (Lipinski definition) is 1. The fourth-order valence-corrected chi connectivity index (χ4v) is 5.00. The second kappa shape index (κ2) is 12.0. The number of rotatable bonds is 12. The fraction of sp³-hybridized carbons (Fsp3) is 0.640. The molecule has 1 N–H and O–H groups in total. The molecule has 9 heteroatoms. The standard InChI is InChI=1S/C25H34FN3O4S/c1-2-10-32-11-3-12-34-16-22-27-21-14-19(13-20(26)23(21)24(30)28-22)33-15-17-6-8-29(9-7-17)25(31)18-4-5-18/h13-14,17-18H,2-12,15-16H2,1H3,(H,27,28,30). The molecule has 34 heavy (non-hydrogen) atoms. The molecule has 0 bridgehead atoms. The van der Waals surface area contributed by atoms with Crippen molar-refractivity contribution in [1.29, 1.82) is 0 Å². The molecule has 1 amide bonds. The normalized spacial score (nSPS) is 16.8. The summed E-state index contributed by atoms with van der Waals surface area (Å²) in [7, 11) is 0. The molecule has 0 spiro atoms. The topological polar surface area (TPSA) is 84.5 Å². The number of fused-ring (bicyclic) bond motifs is 1. The molecule has 1 aromatic heterocycles. The summed E-state index contributed by atoms with van der Waals surface area (Å²) in [4.78, 5) is 33.8. The van der Waals surface area contributed by atoms with E-state index in [9.17, 15) is 14.0 Å². The molecule has 1 aromatic carbocycles. The summed E-state index contributed by atoms with van der Waals surface area (Å²) >= 11 is 1.66. The van der Waals surface area contributed by atoms with Crippen LogP contribution >= 0.6 is 11.8 Å². The van der Waals surface area contributed by atoms with Crippen LogP contribution in [0.3, 0.4) is 0 Å². The maximum absolute atomic E-state index is 14.7. The second-order valence-corrected chi connectivity index (χ2v) is 10.3. The highest BCUT2D eigenvalue weighted by molar-refractivity contribution is 7.98. The molecule has 1 aliphatic heterocycles. The highest BCUT2D eigenvalue weighted by Crippen LogP contribution is 2.32. The molecular formula is C25H34FN3O4S. The van der Waals surface area contributed by atoms with Crippen molar-refractivity contribution in [3.63, 3.8) is 0 Å². The molecule has 1 saturated heterocycles. The number of aromatic nitrogens is 2. The first-order valence-electron chi connectivity index (χ1n) is 12.3. The van der Waals surface area contributed by atoms with Crippen LogP contribution in [0.15, 0.2) is 16.9 Å². The van der Waals surface area contributed by atoms with Crippen LogP contribution in [0.4, 0.5) is 4.39 Å². The minimum absolute atomic E-state index is 0.0408. The van der Waals surface area contributed by atoms with Crippen LogP contribution in [0.25, 0.3) is 10.9 Å². The molecule has 2 heterocycles. The van der Waals surface area contributed by atoms with E-state index in [2.05, 4.69) is 16.9 Å². The first-order valence-corrected chi connectivity index (χ1v) is 13.5. The van der Waals surface area contributed by atoms with E-state index in [1.165, 1.54) is 6.07 Å². The Kier molecular flexibility index (Phi) is 8.83. The van der Waals surface area contributed by atoms with Crippen LogP contribution in [-0.2, 0) is 15.3 Å². The van der Waals surface area contributed by atoms with Crippen molar-refractivity contribution in [3.05, 3.63) is 34.1 Å². The number of likely N-dealkylation sites (tertiary alicyclic amines) is 1. The summed E-state index contributed by atoms with van der Waals surface area (Å²) in [6.45, 7) is 5.57. The number of carbonyl (C=O) groups excluding carboxylic acids is 1. The molecule has 2 fully saturated rings. The number of thioether (sulfide) groups is 1. The van der Waals surface area contributed by atoms with Gasteiger partial charge in [0, 0.05) is 44.4 Å². The van der Waals surface area contributed by atoms with E-state index in [-0.39, 0.29) is 11.3 Å². The van der Waals surface area contributed by atoms with Gasteiger partial charge in [-0.1, -0.05) is 6.92 Å². The van der Waals surface area contributed by atoms with Gasteiger partial charge >= 0.3 is 0 Å². The van der Waals surface area contributed by atoms with Gasteiger partial charge in [-0.2, -0.15) is 11.8 Å². The molecule has 2 aliphatic rings. The van der Waals surface area contributed by atoms with E-state index < -0.39 is 11.4 Å². The SMILES string of the molecule is CCCOCCCSCc1nc2cc(OCC3CCN(C(=O)C4CC4)CC3)cc(F)c2c(=O)[nH]1. The summed E-state index contributed by atoms with van der Waals surface area (Å²) in [6.07, 6.45) is 5.77. The third kappa shape index (κ3) is 6.72. The molecule has 0 radical (unpaired) electrons. The maximum atomic E-state index is 14.7. The first kappa shape index (κ1) is 25.0. The Bertz CT molecular complexity index is 1030. The number of nitrogens with zero attached hydrogens (tertiary/aromatic N) is 2. The Balaban J connectivity index is 1.30. The molecule has 7 nitrogen and oxygen atoms in total. The summed E-state index contributed by atoms with van der Waals surface area (Å²) in [5.74, 6) is 2.60. The summed E-state index contributed by atoms with van der Waals surface area (Å²) < 4.78 is 26.1. The number of piperidine rings is 1. The van der Waals surface area contributed by atoms with E-state index in [1.807, 2.05) is 4.90 Å². The average molecular weight is 492 g/mol. The number of ether oxygens (including phenoxy) is 2. The number of halogens is 1. The minimum atomic E-state index is -0.627. The van der Waals surface area contributed by atoms with Gasteiger partial charge in [0.15, 0.2) is 0 Å². The lowest BCUT2D eigenvalue weighted by molar-refractivity contribution is -0.134. The van der Waals surface area contributed by atoms with Gasteiger partial charge < -0.3 is 19.4 Å². The summed E-state index contributed by atoms with van der Waals surface area (Å²) in [6, 6.07) is 2.90. The molecule has 0 atom stereocenters. The van der Waals surface area contributed by atoms with E-state index in [0.29, 0.717) is 41.3 Å². The monoisotopic (exact) mass is 491 g/mol. The largest absolute Gasteiger partial charge is 0.493 e. The maximum Gasteiger partial charge on any atom is 0.261 e. The van der Waals surface area contributed by atoms with Crippen molar-refractivity contribution in [1.82, 2.24) is 14.9 Å². The second-order valence-electron chi connectivity index (χ2n) is 9.18. The summed E-state index contributed by atoms with van der Waals surface area (Å²) in [5, 5.41) is -0.0408. The van der Waals surface area contributed by atoms with Gasteiger partial charge in [-0.25, -0.2) is 9.37 Å². The third-order valence-electron chi connectivity index (χ3n) is 6.29. The van der Waals surface area contributed by atoms with Crippen molar-refractivity contribution < 1.29 is 18.7 Å². The Labute approximate surface area is 203 Å². The van der Waals surface area contributed by atoms with Gasteiger partial charge in [-0.05, 0) is 50.2 Å². The Morgan fingerprint density at radius 2 is 2.03 bits per heavy atom. The Hall–Kier alpha value is -2.13. The third-order valence-corrected chi connectivity index (χ3v) is 7.34. The number of hydrogen-bond acceptors (Lipinski definition) is 6. The predicted molar refractivity (Wildman–Crippen MR) is 132 cm³/mol. The zero-order valence-electron chi connectivity index (χ0n) is 19.8. The molecule has 0 unspecified atom stereocenters. The Morgan fingerprint density at radius 1 is 1.24 bits per heavy atom. The lowest BCUT2D eigenvalue weighted by atomic mass is 9.97. The van der Waals surface area contributed by atoms with Crippen molar-refractivity contribution in [2.45, 2.75) is 51.2 Å². The zero-order chi connectivity index (χ0) is 23.9. The number of amides is 1. The Morgan fingerprint density at radius 3 is 2.76 bits per heavy atom. The van der Waals surface area contributed by atoms with Crippen LogP contribution in [0.2, 0.25) is 0 Å². The van der Waals surface area contributed by atoms with Gasteiger partial charge in [-0.15, -0.1) is 0 Å². The number of nitrogens with one attached hydrogen (secondary N) is 1. The lowest BCUT2D eigenvalue weighted by Crippen LogP contribution is -2.40. The van der Waals surface area contributed by atoms with E-state index in [0.717, 1.165) is 70.6 Å². The van der Waals surface area contributed by atoms with Crippen LogP contribution < -0.4 is 10.3 Å². The highest BCUT2D eigenvalue weighted by Gasteiger charge is 2.35. The smallest absolute Gasteiger partial charge is 0.261 e. The number of carbonyl (C=O) groups is 1. The number of H-pyrrole nitrogens is 1. The van der Waals surface area contributed by atoms with Crippen LogP contribution in [0, 0.1) is 17.7 Å². The average Bonchev–Trinajstić information content (AvgIpc) is 3.67. The minimum Gasteiger partial charge on any atom is -0.493 e. The highest BCUT2D eigenvalue weighted by atomic mass is 32.2. The van der Waals surface area contributed by atoms with Crippen molar-refractivity contribution in [2.75, 3.05) is 38.7 Å². The van der Waals surface area contributed by atoms with Gasteiger partial charge in [-0.3, -0.25) is 9.59 Å². The number of aromatic amines is 1. The van der Waals surface area contributed by atoms with Crippen molar-refractivity contribution in [2.24, 2.45) is 11.8 Å². The molecule has 1 saturated carbocycles. The van der Waals surface area contributed by atoms with Gasteiger partial charge in [0.05, 0.1) is 17.9 Å². The molecule has 1 aliphatic carbocycles. The van der Waals surface area contributed by atoms with E-state index >= 15 is 0 Å². The molecule has 186 valence electrons. The molecular weight excluding hydrogens is 457 g/mol. The predicted octanol–water partition coefficient (Wildman–Crippen LogP) is 4.14. The zero-order valence-corrected chi connectivity index (χ0v) is 20.6. The first-order chi connectivity index (χ1) is 16.5. The van der Waals surface area contributed by atoms with Gasteiger partial charge in [0.25, 0.3) is 5.56 Å². The molecule has 2 aromatic rings. The summed E-state index contributed by atoms with van der Waals surface area (Å²) in [5.41, 5.74) is -0.158. The fourth-order valence-electron chi connectivity index (χ4n) is 4.20.